The van der Waals surface area contributed by atoms with Crippen molar-refractivity contribution < 1.29 is 9.32 Å². The Morgan fingerprint density at radius 1 is 1.04 bits per heavy atom. The normalized spacial score (nSPS) is 10.7. The molecular formula is C20H17N5O2. The van der Waals surface area contributed by atoms with Crippen molar-refractivity contribution in [3.8, 4) is 22.6 Å². The first-order chi connectivity index (χ1) is 13.3. The fraction of sp³-hybridized carbons (Fsp3) is 0.100. The number of nitrogens with one attached hydrogen (secondary N) is 1. The number of pyridine rings is 1. The molecule has 0 aliphatic heterocycles. The van der Waals surface area contributed by atoms with Gasteiger partial charge in [-0.2, -0.15) is 5.10 Å². The molecule has 3 heterocycles. The van der Waals surface area contributed by atoms with Gasteiger partial charge in [0.25, 0.3) is 5.91 Å². The molecule has 0 saturated heterocycles. The Morgan fingerprint density at radius 3 is 2.67 bits per heavy atom. The van der Waals surface area contributed by atoms with Crippen LogP contribution in [0.1, 0.15) is 10.5 Å². The molecule has 7 heteroatoms. The molecule has 0 radical (unpaired) electrons. The zero-order valence-corrected chi connectivity index (χ0v) is 14.4. The molecular weight excluding hydrogens is 342 g/mol. The maximum absolute atomic E-state index is 12.2. The molecule has 0 bridgehead atoms. The second-order valence-corrected chi connectivity index (χ2v) is 5.90. The number of carbonyl (C=O) groups is 1. The molecule has 0 saturated carbocycles. The molecule has 0 spiro atoms. The van der Waals surface area contributed by atoms with Gasteiger partial charge in [-0.15, -0.1) is 0 Å². The molecule has 4 aromatic rings. The van der Waals surface area contributed by atoms with Gasteiger partial charge in [0.2, 0.25) is 0 Å². The number of aromatic nitrogens is 4. The summed E-state index contributed by atoms with van der Waals surface area (Å²) in [4.78, 5) is 16.2. The zero-order valence-electron chi connectivity index (χ0n) is 14.4. The molecule has 4 rings (SSSR count). The van der Waals surface area contributed by atoms with Crippen LogP contribution >= 0.6 is 0 Å². The first-order valence-corrected chi connectivity index (χ1v) is 8.54. The third kappa shape index (κ3) is 3.92. The summed E-state index contributed by atoms with van der Waals surface area (Å²) in [6.45, 7) is 0.990. The lowest BCUT2D eigenvalue weighted by Crippen LogP contribution is -2.27. The summed E-state index contributed by atoms with van der Waals surface area (Å²) in [5.74, 6) is 0.289. The predicted molar refractivity (Wildman–Crippen MR) is 99.7 cm³/mol. The second kappa shape index (κ2) is 7.65. The Labute approximate surface area is 155 Å². The Bertz CT molecular complexity index is 1020. The molecule has 1 aromatic carbocycles. The smallest absolute Gasteiger partial charge is 0.273 e. The van der Waals surface area contributed by atoms with Crippen molar-refractivity contribution in [3.63, 3.8) is 0 Å². The highest BCUT2D eigenvalue weighted by molar-refractivity contribution is 5.93. The van der Waals surface area contributed by atoms with Crippen LogP contribution in [0, 0.1) is 0 Å². The van der Waals surface area contributed by atoms with Gasteiger partial charge in [0, 0.05) is 42.3 Å². The largest absolute Gasteiger partial charge is 0.355 e. The van der Waals surface area contributed by atoms with E-state index in [4.69, 9.17) is 4.52 Å². The van der Waals surface area contributed by atoms with Crippen molar-refractivity contribution >= 4 is 5.91 Å². The first kappa shape index (κ1) is 16.7. The van der Waals surface area contributed by atoms with Gasteiger partial charge in [-0.05, 0) is 18.2 Å². The van der Waals surface area contributed by atoms with E-state index in [1.165, 1.54) is 0 Å². The highest BCUT2D eigenvalue weighted by Gasteiger charge is 2.13. The summed E-state index contributed by atoms with van der Waals surface area (Å²) >= 11 is 0. The Hall–Kier alpha value is -3.74. The minimum atomic E-state index is -0.276. The van der Waals surface area contributed by atoms with E-state index in [1.54, 1.807) is 23.1 Å². The van der Waals surface area contributed by atoms with E-state index >= 15 is 0 Å². The van der Waals surface area contributed by atoms with E-state index in [0.29, 0.717) is 18.8 Å². The van der Waals surface area contributed by atoms with Crippen LogP contribution in [-0.2, 0) is 6.54 Å². The number of benzene rings is 1. The van der Waals surface area contributed by atoms with Crippen LogP contribution in [0.15, 0.2) is 77.7 Å². The summed E-state index contributed by atoms with van der Waals surface area (Å²) in [6, 6.07) is 16.9. The van der Waals surface area contributed by atoms with E-state index in [9.17, 15) is 4.79 Å². The SMILES string of the molecule is O=C(NCCn1ccc(-c2ccncc2)n1)c1cc(-c2ccccc2)on1. The number of amides is 1. The lowest BCUT2D eigenvalue weighted by Gasteiger charge is -2.03. The van der Waals surface area contributed by atoms with Gasteiger partial charge in [0.05, 0.1) is 12.2 Å². The van der Waals surface area contributed by atoms with E-state index in [-0.39, 0.29) is 11.6 Å². The van der Waals surface area contributed by atoms with Crippen LogP contribution in [0.5, 0.6) is 0 Å². The molecule has 27 heavy (non-hydrogen) atoms. The van der Waals surface area contributed by atoms with Crippen molar-refractivity contribution in [1.29, 1.82) is 0 Å². The first-order valence-electron chi connectivity index (χ1n) is 8.54. The van der Waals surface area contributed by atoms with Crippen LogP contribution in [0.3, 0.4) is 0 Å². The number of hydrogen-bond acceptors (Lipinski definition) is 5. The maximum atomic E-state index is 12.2. The molecule has 0 atom stereocenters. The molecule has 134 valence electrons. The van der Waals surface area contributed by atoms with Gasteiger partial charge in [-0.25, -0.2) is 0 Å². The van der Waals surface area contributed by atoms with Crippen molar-refractivity contribution in [2.45, 2.75) is 6.54 Å². The van der Waals surface area contributed by atoms with Crippen LogP contribution in [0.4, 0.5) is 0 Å². The highest BCUT2D eigenvalue weighted by Crippen LogP contribution is 2.19. The molecule has 0 fully saturated rings. The summed E-state index contributed by atoms with van der Waals surface area (Å²) in [5.41, 5.74) is 3.01. The molecule has 1 N–H and O–H groups in total. The maximum Gasteiger partial charge on any atom is 0.273 e. The van der Waals surface area contributed by atoms with Crippen molar-refractivity contribution in [2.24, 2.45) is 0 Å². The summed E-state index contributed by atoms with van der Waals surface area (Å²) in [7, 11) is 0. The van der Waals surface area contributed by atoms with Gasteiger partial charge in [-0.1, -0.05) is 35.5 Å². The molecule has 3 aromatic heterocycles. The van der Waals surface area contributed by atoms with E-state index in [1.807, 2.05) is 54.7 Å². The van der Waals surface area contributed by atoms with Crippen LogP contribution < -0.4 is 5.32 Å². The topological polar surface area (TPSA) is 85.8 Å². The highest BCUT2D eigenvalue weighted by atomic mass is 16.5. The van der Waals surface area contributed by atoms with Gasteiger partial charge in [0.1, 0.15) is 0 Å². The van der Waals surface area contributed by atoms with E-state index < -0.39 is 0 Å². The predicted octanol–water partition coefficient (Wildman–Crippen LogP) is 3.03. The summed E-state index contributed by atoms with van der Waals surface area (Å²) in [5, 5.41) is 11.2. The minimum absolute atomic E-state index is 0.256. The average molecular weight is 359 g/mol. The van der Waals surface area contributed by atoms with Crippen LogP contribution in [0.2, 0.25) is 0 Å². The van der Waals surface area contributed by atoms with Crippen molar-refractivity contribution in [3.05, 3.63) is 78.9 Å². The number of hydrogen-bond donors (Lipinski definition) is 1. The lowest BCUT2D eigenvalue weighted by molar-refractivity contribution is 0.0943. The number of rotatable bonds is 6. The van der Waals surface area contributed by atoms with Crippen LogP contribution in [-0.4, -0.2) is 32.4 Å². The minimum Gasteiger partial charge on any atom is -0.355 e. The van der Waals surface area contributed by atoms with E-state index in [0.717, 1.165) is 16.8 Å². The van der Waals surface area contributed by atoms with Gasteiger partial charge in [0.15, 0.2) is 11.5 Å². The Kier molecular flexibility index (Phi) is 4.74. The average Bonchev–Trinajstić information content (AvgIpc) is 3.39. The van der Waals surface area contributed by atoms with Crippen LogP contribution in [0.25, 0.3) is 22.6 Å². The second-order valence-electron chi connectivity index (χ2n) is 5.90. The number of carbonyl (C=O) groups excluding carboxylic acids is 1. The fourth-order valence-electron chi connectivity index (χ4n) is 2.66. The van der Waals surface area contributed by atoms with Gasteiger partial charge < -0.3 is 9.84 Å². The summed E-state index contributed by atoms with van der Waals surface area (Å²) < 4.78 is 7.04. The third-order valence-electron chi connectivity index (χ3n) is 4.04. The third-order valence-corrected chi connectivity index (χ3v) is 4.04. The summed E-state index contributed by atoms with van der Waals surface area (Å²) in [6.07, 6.45) is 5.35. The van der Waals surface area contributed by atoms with Gasteiger partial charge >= 0.3 is 0 Å². The van der Waals surface area contributed by atoms with E-state index in [2.05, 4.69) is 20.6 Å². The zero-order chi connectivity index (χ0) is 18.5. The van der Waals surface area contributed by atoms with Crippen molar-refractivity contribution in [1.82, 2.24) is 25.2 Å². The van der Waals surface area contributed by atoms with Gasteiger partial charge in [-0.3, -0.25) is 14.5 Å². The monoisotopic (exact) mass is 359 g/mol. The standard InChI is InChI=1S/C20H17N5O2/c26-20(18-14-19(27-24-18)16-4-2-1-3-5-16)22-11-13-25-12-8-17(23-25)15-6-9-21-10-7-15/h1-10,12,14H,11,13H2,(H,22,26). The molecule has 0 aliphatic carbocycles. The lowest BCUT2D eigenvalue weighted by atomic mass is 10.1. The Morgan fingerprint density at radius 2 is 1.85 bits per heavy atom. The fourth-order valence-corrected chi connectivity index (χ4v) is 2.66. The molecule has 0 unspecified atom stereocenters. The number of nitrogens with zero attached hydrogens (tertiary/aromatic N) is 4. The molecule has 1 amide bonds. The molecule has 0 aliphatic rings. The van der Waals surface area contributed by atoms with Crippen molar-refractivity contribution in [2.75, 3.05) is 6.54 Å². The molecule has 7 nitrogen and oxygen atoms in total. The Balaban J connectivity index is 1.33. The quantitative estimate of drug-likeness (QED) is 0.572.